The van der Waals surface area contributed by atoms with Crippen LogP contribution in [0.15, 0.2) is 0 Å². The molecule has 10 heavy (non-hydrogen) atoms. The summed E-state index contributed by atoms with van der Waals surface area (Å²) < 4.78 is 0. The molecular weight excluding hydrogens is 122 g/mol. The van der Waals surface area contributed by atoms with Gasteiger partial charge in [0.05, 0.1) is 0 Å². The lowest BCUT2D eigenvalue weighted by Gasteiger charge is -2.12. The fourth-order valence-corrected chi connectivity index (χ4v) is 2.10. The molecule has 0 aliphatic heterocycles. The number of hydrogen-bond donors (Lipinski definition) is 1. The molecule has 2 N–H and O–H groups in total. The summed E-state index contributed by atoms with van der Waals surface area (Å²) in [7, 11) is 0. The first-order valence-electron chi connectivity index (χ1n) is 4.62. The summed E-state index contributed by atoms with van der Waals surface area (Å²) in [5.41, 5.74) is 5.56. The topological polar surface area (TPSA) is 26.0 Å². The minimum absolute atomic E-state index is 0.914. The minimum atomic E-state index is 0.914. The molecule has 2 aliphatic rings. The van der Waals surface area contributed by atoms with Crippen LogP contribution in [0, 0.1) is 17.8 Å². The van der Waals surface area contributed by atoms with Gasteiger partial charge >= 0.3 is 0 Å². The molecule has 2 fully saturated rings. The second kappa shape index (κ2) is 2.54. The molecule has 1 heteroatoms. The van der Waals surface area contributed by atoms with E-state index in [1.165, 1.54) is 32.1 Å². The Morgan fingerprint density at radius 2 is 1.60 bits per heavy atom. The molecule has 2 rings (SSSR count). The molecule has 0 bridgehead atoms. The van der Waals surface area contributed by atoms with Crippen LogP contribution in [0.1, 0.15) is 32.1 Å². The lowest BCUT2D eigenvalue weighted by atomic mass is 9.94. The Morgan fingerprint density at radius 1 is 1.10 bits per heavy atom. The van der Waals surface area contributed by atoms with E-state index in [-0.39, 0.29) is 0 Å². The molecule has 0 aromatic carbocycles. The van der Waals surface area contributed by atoms with Crippen LogP contribution in [-0.2, 0) is 0 Å². The van der Waals surface area contributed by atoms with Crippen LogP contribution < -0.4 is 5.73 Å². The molecule has 0 radical (unpaired) electrons. The molecule has 1 nitrogen and oxygen atoms in total. The van der Waals surface area contributed by atoms with Crippen LogP contribution in [0.3, 0.4) is 0 Å². The average Bonchev–Trinajstić information content (AvgIpc) is 2.77. The molecule has 58 valence electrons. The van der Waals surface area contributed by atoms with E-state index < -0.39 is 0 Å². The van der Waals surface area contributed by atoms with E-state index in [1.807, 2.05) is 0 Å². The molecule has 0 unspecified atom stereocenters. The van der Waals surface area contributed by atoms with Gasteiger partial charge in [0.1, 0.15) is 0 Å². The normalized spacial score (nSPS) is 25.8. The predicted octanol–water partition coefficient (Wildman–Crippen LogP) is 1.77. The van der Waals surface area contributed by atoms with Crippen LogP contribution >= 0.6 is 0 Å². The van der Waals surface area contributed by atoms with E-state index in [4.69, 9.17) is 5.73 Å². The summed E-state index contributed by atoms with van der Waals surface area (Å²) in [6, 6.07) is 0. The molecule has 0 aromatic rings. The van der Waals surface area contributed by atoms with Crippen molar-refractivity contribution in [3.05, 3.63) is 0 Å². The Labute approximate surface area is 63.0 Å². The lowest BCUT2D eigenvalue weighted by molar-refractivity contribution is 0.383. The van der Waals surface area contributed by atoms with E-state index >= 15 is 0 Å². The Morgan fingerprint density at radius 3 is 1.90 bits per heavy atom. The van der Waals surface area contributed by atoms with Gasteiger partial charge in [-0.15, -0.1) is 0 Å². The summed E-state index contributed by atoms with van der Waals surface area (Å²) in [5, 5.41) is 0. The fourth-order valence-electron chi connectivity index (χ4n) is 2.10. The van der Waals surface area contributed by atoms with Crippen molar-refractivity contribution in [1.82, 2.24) is 0 Å². The highest BCUT2D eigenvalue weighted by molar-refractivity contribution is 4.91. The van der Waals surface area contributed by atoms with Crippen molar-refractivity contribution in [2.75, 3.05) is 6.54 Å². The fraction of sp³-hybridized carbons (Fsp3) is 1.00. The summed E-state index contributed by atoms with van der Waals surface area (Å²) in [5.74, 6) is 3.22. The maximum absolute atomic E-state index is 5.56. The maximum Gasteiger partial charge on any atom is -0.00744 e. The van der Waals surface area contributed by atoms with Crippen LogP contribution in [0.2, 0.25) is 0 Å². The zero-order valence-electron chi connectivity index (χ0n) is 6.55. The van der Waals surface area contributed by atoms with Crippen LogP contribution in [-0.4, -0.2) is 6.54 Å². The molecule has 2 saturated carbocycles. The second-order valence-corrected chi connectivity index (χ2v) is 3.92. The van der Waals surface area contributed by atoms with Crippen molar-refractivity contribution < 1.29 is 0 Å². The van der Waals surface area contributed by atoms with Gasteiger partial charge in [-0.25, -0.2) is 0 Å². The van der Waals surface area contributed by atoms with Gasteiger partial charge in [-0.3, -0.25) is 0 Å². The minimum Gasteiger partial charge on any atom is -0.330 e. The Bertz CT molecular complexity index is 102. The van der Waals surface area contributed by atoms with Gasteiger partial charge < -0.3 is 5.73 Å². The molecule has 2 aliphatic carbocycles. The van der Waals surface area contributed by atoms with Gasteiger partial charge in [0.25, 0.3) is 0 Å². The zero-order chi connectivity index (χ0) is 6.97. The van der Waals surface area contributed by atoms with Gasteiger partial charge in [0, 0.05) is 0 Å². The molecular formula is C9H17N. The zero-order valence-corrected chi connectivity index (χ0v) is 6.55. The molecule has 0 aromatic heterocycles. The molecule has 0 saturated heterocycles. The quantitative estimate of drug-likeness (QED) is 0.631. The average molecular weight is 139 g/mol. The first-order valence-corrected chi connectivity index (χ1v) is 4.62. The van der Waals surface area contributed by atoms with Crippen molar-refractivity contribution in [3.8, 4) is 0 Å². The van der Waals surface area contributed by atoms with E-state index in [0.29, 0.717) is 0 Å². The van der Waals surface area contributed by atoms with Crippen LogP contribution in [0.4, 0.5) is 0 Å². The maximum atomic E-state index is 5.56. The Hall–Kier alpha value is -0.0400. The van der Waals surface area contributed by atoms with Gasteiger partial charge in [0.2, 0.25) is 0 Å². The van der Waals surface area contributed by atoms with Crippen molar-refractivity contribution in [2.45, 2.75) is 32.1 Å². The van der Waals surface area contributed by atoms with Crippen LogP contribution in [0.25, 0.3) is 0 Å². The third-order valence-corrected chi connectivity index (χ3v) is 2.96. The molecule has 0 amide bonds. The molecule has 0 heterocycles. The van der Waals surface area contributed by atoms with Crippen molar-refractivity contribution in [2.24, 2.45) is 23.5 Å². The van der Waals surface area contributed by atoms with Crippen molar-refractivity contribution >= 4 is 0 Å². The number of rotatable bonds is 4. The summed E-state index contributed by atoms with van der Waals surface area (Å²) in [6.45, 7) is 0.914. The van der Waals surface area contributed by atoms with Gasteiger partial charge in [-0.05, 0) is 56.4 Å². The third kappa shape index (κ3) is 1.34. The van der Waals surface area contributed by atoms with Crippen LogP contribution in [0.5, 0.6) is 0 Å². The van der Waals surface area contributed by atoms with Gasteiger partial charge in [-0.1, -0.05) is 0 Å². The number of hydrogen-bond acceptors (Lipinski definition) is 1. The van der Waals surface area contributed by atoms with E-state index in [9.17, 15) is 0 Å². The number of nitrogens with two attached hydrogens (primary N) is 1. The predicted molar refractivity (Wildman–Crippen MR) is 42.6 cm³/mol. The standard InChI is InChI=1S/C9H17N/c10-6-5-9(7-1-2-7)8-3-4-8/h7-9H,1-6,10H2. The van der Waals surface area contributed by atoms with E-state index in [1.54, 1.807) is 0 Å². The van der Waals surface area contributed by atoms with Gasteiger partial charge in [-0.2, -0.15) is 0 Å². The highest BCUT2D eigenvalue weighted by Gasteiger charge is 2.40. The smallest absolute Gasteiger partial charge is 0.00744 e. The summed E-state index contributed by atoms with van der Waals surface area (Å²) in [6.07, 6.45) is 7.31. The Kier molecular flexibility index (Phi) is 1.69. The van der Waals surface area contributed by atoms with Crippen molar-refractivity contribution in [1.29, 1.82) is 0 Å². The van der Waals surface area contributed by atoms with E-state index in [2.05, 4.69) is 0 Å². The second-order valence-electron chi connectivity index (χ2n) is 3.92. The van der Waals surface area contributed by atoms with E-state index in [0.717, 1.165) is 24.3 Å². The first kappa shape index (κ1) is 6.66. The summed E-state index contributed by atoms with van der Waals surface area (Å²) >= 11 is 0. The largest absolute Gasteiger partial charge is 0.330 e. The highest BCUT2D eigenvalue weighted by atomic mass is 14.6. The molecule has 0 atom stereocenters. The summed E-state index contributed by atoms with van der Waals surface area (Å²) in [4.78, 5) is 0. The first-order chi connectivity index (χ1) is 4.92. The monoisotopic (exact) mass is 139 g/mol. The van der Waals surface area contributed by atoms with Gasteiger partial charge in [0.15, 0.2) is 0 Å². The Balaban J connectivity index is 1.80. The molecule has 0 spiro atoms. The lowest BCUT2D eigenvalue weighted by Crippen LogP contribution is -2.12. The third-order valence-electron chi connectivity index (χ3n) is 2.96. The highest BCUT2D eigenvalue weighted by Crippen LogP contribution is 2.50. The SMILES string of the molecule is NCCC(C1CC1)C1CC1. The van der Waals surface area contributed by atoms with Crippen molar-refractivity contribution in [3.63, 3.8) is 0 Å².